The number of carbonyl (C=O) groups excluding carboxylic acids is 1. The first-order chi connectivity index (χ1) is 21.9. The molecule has 240 valence electrons. The molecule has 3 N–H and O–H groups in total. The maximum atomic E-state index is 13.3. The number of nitrogens with zero attached hydrogens (tertiary/aromatic N) is 3. The van der Waals surface area contributed by atoms with Gasteiger partial charge in [0.05, 0.1) is 17.9 Å². The lowest BCUT2D eigenvalue weighted by molar-refractivity contribution is 0.0773. The van der Waals surface area contributed by atoms with Crippen molar-refractivity contribution in [2.75, 3.05) is 36.5 Å². The predicted molar refractivity (Wildman–Crippen MR) is 179 cm³/mol. The molecule has 45 heavy (non-hydrogen) atoms. The number of rotatable bonds is 11. The van der Waals surface area contributed by atoms with Crippen molar-refractivity contribution in [3.8, 4) is 17.1 Å². The van der Waals surface area contributed by atoms with Gasteiger partial charge in [0.1, 0.15) is 29.6 Å². The van der Waals surface area contributed by atoms with E-state index in [-0.39, 0.29) is 36.1 Å². The zero-order valence-electron chi connectivity index (χ0n) is 26.7. The maximum Gasteiger partial charge on any atom is 0.410 e. The zero-order valence-corrected chi connectivity index (χ0v) is 26.7. The molecule has 1 amide bonds. The van der Waals surface area contributed by atoms with E-state index in [2.05, 4.69) is 15.2 Å². The number of carbonyl (C=O) groups is 1. The molecule has 1 aromatic heterocycles. The Balaban J connectivity index is 1.29. The molecule has 1 saturated heterocycles. The summed E-state index contributed by atoms with van der Waals surface area (Å²) in [6.45, 7) is 8.47. The van der Waals surface area contributed by atoms with Crippen LogP contribution in [0.15, 0.2) is 53.3 Å². The molecular formula is C35H46N6O4. The summed E-state index contributed by atoms with van der Waals surface area (Å²) in [6.07, 6.45) is 6.90. The third kappa shape index (κ3) is 7.85. The quantitative estimate of drug-likeness (QED) is 0.208. The Morgan fingerprint density at radius 3 is 2.47 bits per heavy atom. The topological polar surface area (TPSA) is 124 Å². The van der Waals surface area contributed by atoms with Crippen molar-refractivity contribution in [2.24, 2.45) is 0 Å². The van der Waals surface area contributed by atoms with Crippen LogP contribution in [0.4, 0.5) is 16.2 Å². The van der Waals surface area contributed by atoms with Crippen LogP contribution in [0.2, 0.25) is 0 Å². The summed E-state index contributed by atoms with van der Waals surface area (Å²) in [4.78, 5) is 38.1. The highest BCUT2D eigenvalue weighted by Crippen LogP contribution is 2.34. The van der Waals surface area contributed by atoms with Crippen molar-refractivity contribution < 1.29 is 14.3 Å². The monoisotopic (exact) mass is 614 g/mol. The number of hydrogen-bond donors (Lipinski definition) is 3. The fourth-order valence-corrected chi connectivity index (χ4v) is 6.41. The molecule has 1 aliphatic carbocycles. The lowest BCUT2D eigenvalue weighted by Gasteiger charge is -2.38. The molecule has 10 nitrogen and oxygen atoms in total. The first kappa shape index (κ1) is 32.1. The lowest BCUT2D eigenvalue weighted by atomic mass is 9.95. The molecule has 2 aliphatic rings. The SMILES string of the molecule is CCOc1cc(N2CCC(N(CC)C(=O)OCc3ccccc3)CC2)ccc1-c1nc(C(C)=N)c(NC2CCCCC2)c(=O)[nH]1. The summed E-state index contributed by atoms with van der Waals surface area (Å²) in [7, 11) is 0. The molecule has 0 bridgehead atoms. The number of aromatic amines is 1. The first-order valence-electron chi connectivity index (χ1n) is 16.3. The zero-order chi connectivity index (χ0) is 31.8. The standard InChI is InChI=1S/C35H46N6O4/c1-4-41(35(43)45-23-25-12-8-6-9-13-25)27-18-20-40(21-19-27)28-16-17-29(30(22-28)44-5-2)33-38-31(24(3)36)32(34(42)39-33)37-26-14-10-7-11-15-26/h6,8-9,12-13,16-17,22,26-27,36-37H,4-5,7,10-11,14-15,18-21,23H2,1-3H3,(H,38,39,42). The van der Waals surface area contributed by atoms with Crippen LogP contribution in [0, 0.1) is 5.41 Å². The molecule has 3 aromatic rings. The van der Waals surface area contributed by atoms with Gasteiger partial charge in [0.25, 0.3) is 5.56 Å². The van der Waals surface area contributed by atoms with Crippen molar-refractivity contribution in [3.63, 3.8) is 0 Å². The van der Waals surface area contributed by atoms with Gasteiger partial charge >= 0.3 is 6.09 Å². The number of piperidine rings is 1. The highest BCUT2D eigenvalue weighted by molar-refractivity contribution is 5.99. The summed E-state index contributed by atoms with van der Waals surface area (Å²) in [5, 5.41) is 11.8. The number of hydrogen-bond acceptors (Lipinski definition) is 8. The van der Waals surface area contributed by atoms with Gasteiger partial charge in [-0.1, -0.05) is 49.6 Å². The Hall–Kier alpha value is -4.34. The van der Waals surface area contributed by atoms with Gasteiger partial charge in [0.15, 0.2) is 0 Å². The van der Waals surface area contributed by atoms with Crippen LogP contribution < -0.4 is 20.5 Å². The average Bonchev–Trinajstić information content (AvgIpc) is 3.06. The number of benzene rings is 2. The molecule has 0 spiro atoms. The van der Waals surface area contributed by atoms with Crippen molar-refractivity contribution in [1.29, 1.82) is 5.41 Å². The lowest BCUT2D eigenvalue weighted by Crippen LogP contribution is -2.47. The van der Waals surface area contributed by atoms with E-state index < -0.39 is 0 Å². The van der Waals surface area contributed by atoms with Crippen LogP contribution in [-0.4, -0.2) is 65.0 Å². The highest BCUT2D eigenvalue weighted by atomic mass is 16.6. The van der Waals surface area contributed by atoms with Gasteiger partial charge in [-0.3, -0.25) is 4.79 Å². The fourth-order valence-electron chi connectivity index (χ4n) is 6.41. The van der Waals surface area contributed by atoms with Gasteiger partial charge < -0.3 is 35.0 Å². The van der Waals surface area contributed by atoms with E-state index in [9.17, 15) is 9.59 Å². The second-order valence-corrected chi connectivity index (χ2v) is 11.9. The van der Waals surface area contributed by atoms with Gasteiger partial charge in [-0.25, -0.2) is 9.78 Å². The highest BCUT2D eigenvalue weighted by Gasteiger charge is 2.29. The Labute approximate surface area is 265 Å². The molecule has 0 radical (unpaired) electrons. The van der Waals surface area contributed by atoms with Crippen LogP contribution in [0.25, 0.3) is 11.4 Å². The summed E-state index contributed by atoms with van der Waals surface area (Å²) in [5.74, 6) is 1.01. The molecule has 2 heterocycles. The largest absolute Gasteiger partial charge is 0.493 e. The van der Waals surface area contributed by atoms with Gasteiger partial charge in [-0.2, -0.15) is 0 Å². The third-order valence-electron chi connectivity index (χ3n) is 8.80. The summed E-state index contributed by atoms with van der Waals surface area (Å²) < 4.78 is 11.7. The van der Waals surface area contributed by atoms with E-state index in [0.717, 1.165) is 62.9 Å². The predicted octanol–water partition coefficient (Wildman–Crippen LogP) is 6.60. The van der Waals surface area contributed by atoms with Gasteiger partial charge in [-0.05, 0) is 64.2 Å². The number of aromatic nitrogens is 2. The smallest absolute Gasteiger partial charge is 0.410 e. The van der Waals surface area contributed by atoms with Gasteiger partial charge in [0, 0.05) is 43.5 Å². The number of anilines is 2. The summed E-state index contributed by atoms with van der Waals surface area (Å²) in [5.41, 5.74) is 3.37. The number of nitrogens with one attached hydrogen (secondary N) is 3. The van der Waals surface area contributed by atoms with Crippen molar-refractivity contribution in [1.82, 2.24) is 14.9 Å². The van der Waals surface area contributed by atoms with Crippen LogP contribution in [0.3, 0.4) is 0 Å². The summed E-state index contributed by atoms with van der Waals surface area (Å²) >= 11 is 0. The molecule has 1 saturated carbocycles. The van der Waals surface area contributed by atoms with Gasteiger partial charge in [0.2, 0.25) is 0 Å². The van der Waals surface area contributed by atoms with E-state index in [1.165, 1.54) is 6.42 Å². The normalized spacial score (nSPS) is 15.8. The Bertz CT molecular complexity index is 1510. The second-order valence-electron chi connectivity index (χ2n) is 11.9. The van der Waals surface area contributed by atoms with Crippen molar-refractivity contribution in [2.45, 2.75) is 84.4 Å². The Morgan fingerprint density at radius 2 is 1.80 bits per heavy atom. The van der Waals surface area contributed by atoms with E-state index in [0.29, 0.717) is 41.7 Å². The van der Waals surface area contributed by atoms with Gasteiger partial charge in [-0.15, -0.1) is 0 Å². The molecule has 2 aromatic carbocycles. The molecule has 1 aliphatic heterocycles. The van der Waals surface area contributed by atoms with Crippen LogP contribution in [-0.2, 0) is 11.3 Å². The molecule has 0 atom stereocenters. The minimum atomic E-state index is -0.274. The van der Waals surface area contributed by atoms with E-state index >= 15 is 0 Å². The van der Waals surface area contributed by atoms with E-state index in [1.807, 2.05) is 67.3 Å². The van der Waals surface area contributed by atoms with Crippen molar-refractivity contribution >= 4 is 23.2 Å². The van der Waals surface area contributed by atoms with E-state index in [4.69, 9.17) is 19.9 Å². The van der Waals surface area contributed by atoms with Crippen LogP contribution in [0.5, 0.6) is 5.75 Å². The number of H-pyrrole nitrogens is 1. The minimum absolute atomic E-state index is 0.109. The van der Waals surface area contributed by atoms with Crippen LogP contribution >= 0.6 is 0 Å². The molecule has 5 rings (SSSR count). The number of amides is 1. The minimum Gasteiger partial charge on any atom is -0.493 e. The molecule has 10 heteroatoms. The summed E-state index contributed by atoms with van der Waals surface area (Å²) in [6, 6.07) is 16.0. The molecular weight excluding hydrogens is 568 g/mol. The first-order valence-corrected chi connectivity index (χ1v) is 16.3. The third-order valence-corrected chi connectivity index (χ3v) is 8.80. The molecule has 2 fully saturated rings. The van der Waals surface area contributed by atoms with Crippen LogP contribution in [0.1, 0.15) is 77.0 Å². The maximum absolute atomic E-state index is 13.3. The molecule has 0 unspecified atom stereocenters. The Kier molecular flexibility index (Phi) is 10.8. The van der Waals surface area contributed by atoms with Crippen molar-refractivity contribution in [3.05, 3.63) is 70.1 Å². The average molecular weight is 615 g/mol. The van der Waals surface area contributed by atoms with E-state index in [1.54, 1.807) is 6.92 Å². The Morgan fingerprint density at radius 1 is 1.07 bits per heavy atom. The second kappa shape index (κ2) is 15.1. The fraction of sp³-hybridized carbons (Fsp3) is 0.486. The number of ether oxygens (including phenoxy) is 2.